The molecule has 1 fully saturated rings. The minimum absolute atomic E-state index is 0. The molecule has 1 aliphatic rings. The number of rotatable bonds is 3. The van der Waals surface area contributed by atoms with E-state index in [0.29, 0.717) is 12.3 Å². The molecular formula is C14H21ClN2O. The van der Waals surface area contributed by atoms with Gasteiger partial charge in [-0.15, -0.1) is 12.4 Å². The largest absolute Gasteiger partial charge is 0.340 e. The highest BCUT2D eigenvalue weighted by molar-refractivity contribution is 5.85. The molecule has 1 saturated heterocycles. The van der Waals surface area contributed by atoms with E-state index in [1.54, 1.807) is 0 Å². The van der Waals surface area contributed by atoms with Crippen LogP contribution in [0.25, 0.3) is 0 Å². The second kappa shape index (κ2) is 7.39. The average Bonchev–Trinajstić information content (AvgIpc) is 2.40. The third-order valence-corrected chi connectivity index (χ3v) is 3.32. The third kappa shape index (κ3) is 4.00. The molecule has 1 N–H and O–H groups in total. The first-order valence-electron chi connectivity index (χ1n) is 6.31. The second-order valence-corrected chi connectivity index (χ2v) is 4.65. The molecule has 0 saturated carbocycles. The molecule has 1 heterocycles. The number of hydrogen-bond acceptors (Lipinski definition) is 2. The van der Waals surface area contributed by atoms with E-state index < -0.39 is 0 Å². The zero-order valence-electron chi connectivity index (χ0n) is 10.8. The number of hydrogen-bond donors (Lipinski definition) is 1. The minimum Gasteiger partial charge on any atom is -0.340 e. The van der Waals surface area contributed by atoms with Crippen LogP contribution in [-0.4, -0.2) is 37.0 Å². The summed E-state index contributed by atoms with van der Waals surface area (Å²) in [5.74, 6) is 0.585. The van der Waals surface area contributed by atoms with Crippen molar-refractivity contribution in [3.8, 4) is 0 Å². The molecule has 100 valence electrons. The zero-order valence-corrected chi connectivity index (χ0v) is 11.6. The van der Waals surface area contributed by atoms with Crippen molar-refractivity contribution in [1.82, 2.24) is 10.2 Å². The lowest BCUT2D eigenvalue weighted by Gasteiger charge is -2.28. The molecule has 3 nitrogen and oxygen atoms in total. The van der Waals surface area contributed by atoms with E-state index in [0.717, 1.165) is 26.2 Å². The van der Waals surface area contributed by atoms with Gasteiger partial charge in [0.2, 0.25) is 5.91 Å². The molecule has 1 aliphatic heterocycles. The Balaban J connectivity index is 0.00000162. The highest BCUT2D eigenvalue weighted by Gasteiger charge is 2.18. The van der Waals surface area contributed by atoms with E-state index in [9.17, 15) is 4.79 Å². The molecule has 0 radical (unpaired) electrons. The van der Waals surface area contributed by atoms with Crippen molar-refractivity contribution >= 4 is 18.3 Å². The van der Waals surface area contributed by atoms with Crippen LogP contribution < -0.4 is 5.32 Å². The van der Waals surface area contributed by atoms with Gasteiger partial charge in [-0.3, -0.25) is 4.79 Å². The topological polar surface area (TPSA) is 32.3 Å². The molecule has 1 aromatic rings. The lowest BCUT2D eigenvalue weighted by molar-refractivity contribution is -0.132. The van der Waals surface area contributed by atoms with Gasteiger partial charge in [-0.2, -0.15) is 0 Å². The molecule has 1 aromatic carbocycles. The summed E-state index contributed by atoms with van der Waals surface area (Å²) in [6, 6.07) is 10.3. The Morgan fingerprint density at radius 3 is 2.50 bits per heavy atom. The standard InChI is InChI=1S/C14H20N2O.ClH/c1-12(13-5-3-2-4-6-13)11-14(17)16-9-7-15-8-10-16;/h2-6,12,15H,7-11H2,1H3;1H. The first-order valence-corrected chi connectivity index (χ1v) is 6.31. The van der Waals surface area contributed by atoms with Crippen LogP contribution in [0.4, 0.5) is 0 Å². The summed E-state index contributed by atoms with van der Waals surface area (Å²) in [4.78, 5) is 14.0. The summed E-state index contributed by atoms with van der Waals surface area (Å²) in [6.45, 7) is 5.66. The summed E-state index contributed by atoms with van der Waals surface area (Å²) in [6.07, 6.45) is 0.615. The maximum atomic E-state index is 12.1. The molecular weight excluding hydrogens is 248 g/mol. The lowest BCUT2D eigenvalue weighted by atomic mass is 9.97. The van der Waals surface area contributed by atoms with Crippen LogP contribution in [0.3, 0.4) is 0 Å². The third-order valence-electron chi connectivity index (χ3n) is 3.32. The molecule has 4 heteroatoms. The predicted octanol–water partition coefficient (Wildman–Crippen LogP) is 2.03. The van der Waals surface area contributed by atoms with Crippen LogP contribution in [0.5, 0.6) is 0 Å². The Morgan fingerprint density at radius 1 is 1.28 bits per heavy atom. The number of benzene rings is 1. The first kappa shape index (κ1) is 15.0. The summed E-state index contributed by atoms with van der Waals surface area (Å²) < 4.78 is 0. The van der Waals surface area contributed by atoms with E-state index in [1.807, 2.05) is 23.1 Å². The number of carbonyl (C=O) groups is 1. The van der Waals surface area contributed by atoms with Gasteiger partial charge in [0.05, 0.1) is 0 Å². The number of nitrogens with zero attached hydrogens (tertiary/aromatic N) is 1. The Hall–Kier alpha value is -1.06. The second-order valence-electron chi connectivity index (χ2n) is 4.65. The highest BCUT2D eigenvalue weighted by Crippen LogP contribution is 2.19. The summed E-state index contributed by atoms with van der Waals surface area (Å²) >= 11 is 0. The Bertz CT molecular complexity index is 363. The van der Waals surface area contributed by atoms with Gasteiger partial charge in [-0.1, -0.05) is 37.3 Å². The van der Waals surface area contributed by atoms with Gasteiger partial charge in [-0.25, -0.2) is 0 Å². The quantitative estimate of drug-likeness (QED) is 0.910. The van der Waals surface area contributed by atoms with Crippen LogP contribution in [0.15, 0.2) is 30.3 Å². The molecule has 1 unspecified atom stereocenters. The van der Waals surface area contributed by atoms with Crippen molar-refractivity contribution in [1.29, 1.82) is 0 Å². The van der Waals surface area contributed by atoms with Gasteiger partial charge in [0, 0.05) is 32.6 Å². The predicted molar refractivity (Wildman–Crippen MR) is 76.2 cm³/mol. The average molecular weight is 269 g/mol. The fraction of sp³-hybridized carbons (Fsp3) is 0.500. The molecule has 0 aliphatic carbocycles. The van der Waals surface area contributed by atoms with Crippen molar-refractivity contribution in [3.63, 3.8) is 0 Å². The van der Waals surface area contributed by atoms with Crippen molar-refractivity contribution < 1.29 is 4.79 Å². The van der Waals surface area contributed by atoms with Gasteiger partial charge in [-0.05, 0) is 11.5 Å². The molecule has 0 bridgehead atoms. The smallest absolute Gasteiger partial charge is 0.223 e. The number of amides is 1. The fourth-order valence-electron chi connectivity index (χ4n) is 2.20. The molecule has 18 heavy (non-hydrogen) atoms. The first-order chi connectivity index (χ1) is 8.27. The van der Waals surface area contributed by atoms with Crippen LogP contribution in [0, 0.1) is 0 Å². The van der Waals surface area contributed by atoms with E-state index in [4.69, 9.17) is 0 Å². The van der Waals surface area contributed by atoms with Crippen molar-refractivity contribution in [2.45, 2.75) is 19.3 Å². The molecule has 1 atom stereocenters. The zero-order chi connectivity index (χ0) is 12.1. The molecule has 2 rings (SSSR count). The Morgan fingerprint density at radius 2 is 1.89 bits per heavy atom. The van der Waals surface area contributed by atoms with E-state index in [-0.39, 0.29) is 18.3 Å². The van der Waals surface area contributed by atoms with Crippen molar-refractivity contribution in [3.05, 3.63) is 35.9 Å². The minimum atomic E-state index is 0. The van der Waals surface area contributed by atoms with E-state index in [1.165, 1.54) is 5.56 Å². The van der Waals surface area contributed by atoms with Crippen LogP contribution in [-0.2, 0) is 4.79 Å². The molecule has 0 aromatic heterocycles. The van der Waals surface area contributed by atoms with Crippen molar-refractivity contribution in [2.75, 3.05) is 26.2 Å². The fourth-order valence-corrected chi connectivity index (χ4v) is 2.20. The SMILES string of the molecule is CC(CC(=O)N1CCNCC1)c1ccccc1.Cl. The Kier molecular flexibility index (Phi) is 6.16. The van der Waals surface area contributed by atoms with Gasteiger partial charge in [0.25, 0.3) is 0 Å². The van der Waals surface area contributed by atoms with E-state index in [2.05, 4.69) is 24.4 Å². The maximum absolute atomic E-state index is 12.1. The van der Waals surface area contributed by atoms with Gasteiger partial charge in [0.1, 0.15) is 0 Å². The highest BCUT2D eigenvalue weighted by atomic mass is 35.5. The van der Waals surface area contributed by atoms with Crippen LogP contribution in [0.1, 0.15) is 24.8 Å². The number of halogens is 1. The van der Waals surface area contributed by atoms with Gasteiger partial charge >= 0.3 is 0 Å². The van der Waals surface area contributed by atoms with Crippen LogP contribution in [0.2, 0.25) is 0 Å². The van der Waals surface area contributed by atoms with Crippen molar-refractivity contribution in [2.24, 2.45) is 0 Å². The van der Waals surface area contributed by atoms with E-state index >= 15 is 0 Å². The van der Waals surface area contributed by atoms with Crippen LogP contribution >= 0.6 is 12.4 Å². The maximum Gasteiger partial charge on any atom is 0.223 e. The Labute approximate surface area is 115 Å². The summed E-state index contributed by atoms with van der Waals surface area (Å²) in [5.41, 5.74) is 1.25. The van der Waals surface area contributed by atoms with Gasteiger partial charge in [0.15, 0.2) is 0 Å². The van der Waals surface area contributed by atoms with Gasteiger partial charge < -0.3 is 10.2 Å². The number of piperazine rings is 1. The lowest BCUT2D eigenvalue weighted by Crippen LogP contribution is -2.46. The number of carbonyl (C=O) groups excluding carboxylic acids is 1. The summed E-state index contributed by atoms with van der Waals surface area (Å²) in [5, 5.41) is 3.26. The normalized spacial score (nSPS) is 16.8. The number of nitrogens with one attached hydrogen (secondary N) is 1. The molecule has 1 amide bonds. The monoisotopic (exact) mass is 268 g/mol. The summed E-state index contributed by atoms with van der Waals surface area (Å²) in [7, 11) is 0. The molecule has 0 spiro atoms.